The van der Waals surface area contributed by atoms with Gasteiger partial charge in [0.25, 0.3) is 0 Å². The minimum Gasteiger partial charge on any atom is -0.480 e. The van der Waals surface area contributed by atoms with Crippen LogP contribution in [0, 0.1) is 88.9 Å². The molecule has 5 amide bonds. The Morgan fingerprint density at radius 2 is 0.933 bits per heavy atom. The quantitative estimate of drug-likeness (QED) is 0.0143. The average Bonchev–Trinajstić information content (AvgIpc) is 1.75. The Kier molecular flexibility index (Phi) is 37.1. The van der Waals surface area contributed by atoms with Crippen molar-refractivity contribution in [1.82, 2.24) is 56.1 Å². The van der Waals surface area contributed by atoms with Crippen molar-refractivity contribution in [3.05, 3.63) is 210 Å². The van der Waals surface area contributed by atoms with Gasteiger partial charge < -0.3 is 65.3 Å². The van der Waals surface area contributed by atoms with Gasteiger partial charge >= 0.3 is 17.9 Å². The Morgan fingerprint density at radius 1 is 0.533 bits per heavy atom. The van der Waals surface area contributed by atoms with E-state index in [4.69, 9.17) is 53.0 Å². The summed E-state index contributed by atoms with van der Waals surface area (Å²) in [5, 5.41) is 52.1. The Bertz CT molecular complexity index is 5890. The fourth-order valence-electron chi connectivity index (χ4n) is 16.6. The maximum atomic E-state index is 14.4. The first-order valence-corrected chi connectivity index (χ1v) is 47.8. The fraction of sp³-hybridized carbons (Fsp3) is 0.431. The highest BCUT2D eigenvalue weighted by atomic mass is 35.5. The molecule has 2 aliphatic rings. The van der Waals surface area contributed by atoms with Crippen LogP contribution in [-0.2, 0) is 57.3 Å². The largest absolute Gasteiger partial charge is 0.480 e. The Hall–Kier alpha value is -12.2. The number of aliphatic carboxylic acids is 1. The van der Waals surface area contributed by atoms with Crippen LogP contribution in [-0.4, -0.2) is 182 Å². The SMILES string of the molecule is CC(=O)O[C@@H]1C[C@@H](C(=O)N[C@@H](C)c2ccc(-c3scnc3C)cc2)N(C(=O)[C@@H](N)C(C)(C)C)C1.CC(=O)O[C@@H]1C[C@@H](C(=O)N[C@@H](C)c2ccc(-c3scnc3C)cc2)N(C(=O)[C@@H](NC(=O)COCCCCCN(c2ccc(C#N)c(Cl)c2)c2cc(-c3c(C)n[nH]c3C)ccc2C)C(C)(C)C)C1.Cc1ccc(-c2c(C)n[nH]c2C)cc1N(CCCCCOCC(=O)O)c1ccc(C#N)c(Cl)c1. The number of hydrogen-bond donors (Lipinski definition) is 7. The van der Waals surface area contributed by atoms with E-state index in [0.717, 1.165) is 161 Å². The number of likely N-dealkylation sites (tertiary alicyclic amines) is 2. The topological polar surface area (TPSA) is 400 Å². The number of nitrogens with zero attached hydrogens (tertiary/aromatic N) is 10. The van der Waals surface area contributed by atoms with Gasteiger partial charge in [0.2, 0.25) is 29.5 Å². The van der Waals surface area contributed by atoms with Crippen LogP contribution in [0.2, 0.25) is 10.0 Å². The van der Waals surface area contributed by atoms with E-state index in [1.807, 2.05) is 181 Å². The van der Waals surface area contributed by atoms with Crippen LogP contribution in [0.5, 0.6) is 0 Å². The third-order valence-corrected chi connectivity index (χ3v) is 26.5. The molecule has 29 nitrogen and oxygen atoms in total. The Morgan fingerprint density at radius 3 is 1.28 bits per heavy atom. The third kappa shape index (κ3) is 28.0. The number of ether oxygens (including phenoxy) is 4. The second-order valence-electron chi connectivity index (χ2n) is 36.5. The highest BCUT2D eigenvalue weighted by molar-refractivity contribution is 7.13. The van der Waals surface area contributed by atoms with Crippen LogP contribution in [0.3, 0.4) is 0 Å². The summed E-state index contributed by atoms with van der Waals surface area (Å²) in [6.07, 6.45) is 3.94. The van der Waals surface area contributed by atoms with Crippen LogP contribution in [0.4, 0.5) is 22.7 Å². The molecule has 8 atom stereocenters. The first-order chi connectivity index (χ1) is 64.0. The van der Waals surface area contributed by atoms with Crippen molar-refractivity contribution in [3.63, 3.8) is 0 Å². The average molecular weight is 1920 g/mol. The lowest BCUT2D eigenvalue weighted by molar-refractivity contribution is -0.148. The predicted octanol–water partition coefficient (Wildman–Crippen LogP) is 18.4. The van der Waals surface area contributed by atoms with E-state index in [1.165, 1.54) is 23.6 Å². The van der Waals surface area contributed by atoms with Crippen molar-refractivity contribution >= 4 is 116 Å². The van der Waals surface area contributed by atoms with E-state index < -0.39 is 76.9 Å². The number of hydrogen-bond acceptors (Lipinski definition) is 23. The van der Waals surface area contributed by atoms with E-state index in [1.54, 1.807) is 34.8 Å². The predicted molar refractivity (Wildman–Crippen MR) is 528 cm³/mol. The molecule has 2 aliphatic heterocycles. The van der Waals surface area contributed by atoms with Crippen molar-refractivity contribution in [2.45, 2.75) is 224 Å². The second-order valence-corrected chi connectivity index (χ2v) is 39.0. The van der Waals surface area contributed by atoms with Crippen molar-refractivity contribution < 1.29 is 62.4 Å². The maximum Gasteiger partial charge on any atom is 0.329 e. The molecule has 4 aromatic heterocycles. The lowest BCUT2D eigenvalue weighted by atomic mass is 9.85. The highest BCUT2D eigenvalue weighted by Gasteiger charge is 2.48. The van der Waals surface area contributed by atoms with Gasteiger partial charge in [-0.15, -0.1) is 22.7 Å². The number of carboxylic acid groups (broad SMARTS) is 1. The van der Waals surface area contributed by atoms with E-state index >= 15 is 0 Å². The number of nitrogens with one attached hydrogen (secondary N) is 5. The smallest absolute Gasteiger partial charge is 0.329 e. The van der Waals surface area contributed by atoms with Gasteiger partial charge in [-0.25, -0.2) is 14.8 Å². The molecule has 0 radical (unpaired) electrons. The van der Waals surface area contributed by atoms with Gasteiger partial charge in [0.05, 0.1) is 95.9 Å². The standard InChI is InChI=1S/C51H61ClN8O6S.C26H29ClN4O3.C25H34N4O4S/c1-30-13-14-38(46-32(3)57-58-33(46)4)23-43(30)59(40-20-19-39(26-53)42(52)24-40)21-11-10-12-22-65-28-45(62)56-48(51(7,8)9)50(64)60-27-41(66-35(6)61)25-44(60)49(63)55-31(2)36-15-17-37(18-16-36)47-34(5)54-29-67-47;1-17-7-8-20(26-18(2)29-30-19(26)3)13-24(17)31(11-5-4-6-12-34-16-25(32)33)22-10-9-21(15-28)23(27)14-22;1-14(17-7-9-18(10-8-17)21-15(2)27-13-34-21)28-23(31)20-11-19(33-16(3)30)12-29(20)24(32)22(26)25(4,5)6/h13-20,23-24,29,31,41,44,48H,10-12,21-22,25,27-28H2,1-9H3,(H,55,63)(H,56,62)(H,57,58);7-10,13-14H,4-6,11-12,16H2,1-3H3,(H,29,30)(H,32,33);7-10,13-14,19-20,22H,11-12,26H2,1-6H3,(H,28,31)/t31-,41+,44-,48+;;14-,19+,20-,22+/m0.0/s1. The summed E-state index contributed by atoms with van der Waals surface area (Å²) >= 11 is 16.1. The molecule has 6 heterocycles. The molecule has 0 spiro atoms. The van der Waals surface area contributed by atoms with Crippen molar-refractivity contribution in [1.29, 1.82) is 10.5 Å². The third-order valence-electron chi connectivity index (χ3n) is 23.9. The van der Waals surface area contributed by atoms with Crippen molar-refractivity contribution in [2.75, 3.05) is 62.4 Å². The molecule has 0 bridgehead atoms. The summed E-state index contributed by atoms with van der Waals surface area (Å²) in [5.74, 6) is -3.81. The summed E-state index contributed by atoms with van der Waals surface area (Å²) in [6.45, 7) is 35.4. The zero-order valence-corrected chi connectivity index (χ0v) is 83.2. The number of benzene rings is 6. The van der Waals surface area contributed by atoms with Crippen molar-refractivity contribution in [3.8, 4) is 55.3 Å². The number of halogens is 2. The fourth-order valence-corrected chi connectivity index (χ4v) is 18.6. The summed E-state index contributed by atoms with van der Waals surface area (Å²) in [7, 11) is 0. The molecule has 8 N–H and O–H groups in total. The van der Waals surface area contributed by atoms with Gasteiger partial charge in [-0.3, -0.25) is 43.8 Å². The Balaban J connectivity index is 0.000000232. The molecule has 0 unspecified atom stereocenters. The molecular formula is C102H124Cl2N16O13S2. The van der Waals surface area contributed by atoms with Gasteiger partial charge in [-0.1, -0.05) is 138 Å². The molecule has 716 valence electrons. The monoisotopic (exact) mass is 1910 g/mol. The second kappa shape index (κ2) is 47.8. The lowest BCUT2D eigenvalue weighted by Crippen LogP contribution is -2.58. The van der Waals surface area contributed by atoms with Gasteiger partial charge in [0.15, 0.2) is 0 Å². The lowest BCUT2D eigenvalue weighted by Gasteiger charge is -2.35. The number of thiazole rings is 2. The number of aromatic amines is 2. The van der Waals surface area contributed by atoms with Crippen molar-refractivity contribution in [2.24, 2.45) is 16.6 Å². The van der Waals surface area contributed by atoms with Crippen LogP contribution in [0.15, 0.2) is 132 Å². The number of carboxylic acids is 1. The van der Waals surface area contributed by atoms with Crippen LogP contribution in [0.25, 0.3) is 43.1 Å². The van der Waals surface area contributed by atoms with Crippen LogP contribution >= 0.6 is 45.9 Å². The molecule has 12 rings (SSSR count). The molecule has 0 aliphatic carbocycles. The van der Waals surface area contributed by atoms with E-state index in [-0.39, 0.29) is 69.0 Å². The summed E-state index contributed by atoms with van der Waals surface area (Å²) < 4.78 is 21.8. The van der Waals surface area contributed by atoms with Crippen LogP contribution in [0.1, 0.15) is 200 Å². The summed E-state index contributed by atoms with van der Waals surface area (Å²) in [4.78, 5) is 120. The number of aromatic nitrogens is 6. The number of anilines is 4. The number of esters is 2. The molecule has 0 saturated carbocycles. The number of aryl methyl sites for hydroxylation is 8. The molecule has 135 heavy (non-hydrogen) atoms. The van der Waals surface area contributed by atoms with Crippen LogP contribution < -0.4 is 31.5 Å². The number of nitriles is 2. The normalized spacial score (nSPS) is 15.5. The number of amides is 5. The van der Waals surface area contributed by atoms with Gasteiger partial charge in [-0.2, -0.15) is 20.7 Å². The van der Waals surface area contributed by atoms with Gasteiger partial charge in [0.1, 0.15) is 55.7 Å². The molecule has 6 aromatic carbocycles. The number of rotatable bonds is 35. The minimum atomic E-state index is -1.000. The molecule has 2 saturated heterocycles. The zero-order chi connectivity index (χ0) is 98.4. The number of nitrogens with two attached hydrogens (primary N) is 1. The molecule has 2 fully saturated rings. The number of H-pyrrole nitrogens is 2. The first kappa shape index (κ1) is 105. The highest BCUT2D eigenvalue weighted by Crippen LogP contribution is 2.41. The molecule has 33 heteroatoms. The Labute approximate surface area is 808 Å². The van der Waals surface area contributed by atoms with E-state index in [0.29, 0.717) is 47.4 Å². The molecular weight excluding hydrogens is 1790 g/mol. The molecule has 10 aromatic rings. The maximum absolute atomic E-state index is 14.4. The number of carbonyl (C=O) groups is 8. The van der Waals surface area contributed by atoms with Gasteiger partial charge in [0, 0.05) is 98.3 Å². The zero-order valence-electron chi connectivity index (χ0n) is 80.1. The summed E-state index contributed by atoms with van der Waals surface area (Å²) in [5.41, 5.74) is 29.5. The number of unbranched alkanes of at least 4 members (excludes halogenated alkanes) is 4. The van der Waals surface area contributed by atoms with E-state index in [2.05, 4.69) is 118 Å². The van der Waals surface area contributed by atoms with Gasteiger partial charge in [-0.05, 0) is 212 Å². The van der Waals surface area contributed by atoms with E-state index in [9.17, 15) is 48.9 Å². The minimum absolute atomic E-state index is 0.0110. The number of carbonyl (C=O) groups excluding carboxylic acids is 7. The summed E-state index contributed by atoms with van der Waals surface area (Å²) in [6, 6.07) is 39.7. The first-order valence-electron chi connectivity index (χ1n) is 45.2.